The number of amides is 1. The van der Waals surface area contributed by atoms with Gasteiger partial charge in [-0.25, -0.2) is 9.59 Å². The molecule has 168 valence electrons. The summed E-state index contributed by atoms with van der Waals surface area (Å²) in [4.78, 5) is 30.2. The molecular weight excluding hydrogens is 396 g/mol. The van der Waals surface area contributed by atoms with Crippen molar-refractivity contribution in [1.82, 2.24) is 20.5 Å². The molecule has 0 aliphatic carbocycles. The molecule has 0 atom stereocenters. The van der Waals surface area contributed by atoms with Crippen LogP contribution >= 0.6 is 0 Å². The standard InChI is InChI=1S/C23H32N4O4/c1-14(2)30-21(28)17-12-24-13-23(3,4)19-16-8-7-15(11-18(16)26-20(17)19)31-22(29)25-9-10-27(5)6/h7-8,11-12,14,24,26H,9-10,13H2,1-6H3,(H,25,29). The van der Waals surface area contributed by atoms with Crippen molar-refractivity contribution < 1.29 is 19.1 Å². The zero-order valence-corrected chi connectivity index (χ0v) is 19.1. The van der Waals surface area contributed by atoms with Crippen LogP contribution in [0.1, 0.15) is 39.0 Å². The van der Waals surface area contributed by atoms with Crippen molar-refractivity contribution in [2.24, 2.45) is 0 Å². The summed E-state index contributed by atoms with van der Waals surface area (Å²) in [5, 5.41) is 6.95. The van der Waals surface area contributed by atoms with Crippen LogP contribution in [-0.4, -0.2) is 61.8 Å². The van der Waals surface area contributed by atoms with E-state index >= 15 is 0 Å². The lowest BCUT2D eigenvalue weighted by atomic mass is 9.82. The highest BCUT2D eigenvalue weighted by Crippen LogP contribution is 2.39. The van der Waals surface area contributed by atoms with Gasteiger partial charge in [0.05, 0.1) is 17.4 Å². The van der Waals surface area contributed by atoms with Crippen molar-refractivity contribution in [2.45, 2.75) is 39.2 Å². The predicted molar refractivity (Wildman–Crippen MR) is 121 cm³/mol. The molecule has 0 saturated heterocycles. The van der Waals surface area contributed by atoms with Gasteiger partial charge in [0.1, 0.15) is 5.75 Å². The quantitative estimate of drug-likeness (QED) is 0.612. The van der Waals surface area contributed by atoms with E-state index in [1.165, 1.54) is 0 Å². The normalized spacial score (nSPS) is 15.2. The predicted octanol–water partition coefficient (Wildman–Crippen LogP) is 2.99. The highest BCUT2D eigenvalue weighted by molar-refractivity contribution is 6.18. The largest absolute Gasteiger partial charge is 0.459 e. The Morgan fingerprint density at radius 1 is 1.26 bits per heavy atom. The molecule has 31 heavy (non-hydrogen) atoms. The second kappa shape index (κ2) is 9.01. The minimum atomic E-state index is -0.500. The lowest BCUT2D eigenvalue weighted by molar-refractivity contribution is -0.140. The van der Waals surface area contributed by atoms with Crippen molar-refractivity contribution >= 4 is 28.5 Å². The number of carbonyl (C=O) groups excluding carboxylic acids is 2. The summed E-state index contributed by atoms with van der Waals surface area (Å²) in [6.07, 6.45) is 0.993. The first-order valence-electron chi connectivity index (χ1n) is 10.5. The maximum Gasteiger partial charge on any atom is 0.412 e. The number of ether oxygens (including phenoxy) is 2. The van der Waals surface area contributed by atoms with E-state index < -0.39 is 6.09 Å². The topological polar surface area (TPSA) is 95.7 Å². The number of benzene rings is 1. The Kier molecular flexibility index (Phi) is 6.59. The number of rotatable bonds is 6. The number of aromatic nitrogens is 1. The zero-order chi connectivity index (χ0) is 22.8. The summed E-state index contributed by atoms with van der Waals surface area (Å²) < 4.78 is 10.9. The van der Waals surface area contributed by atoms with Gasteiger partial charge < -0.3 is 30.0 Å². The monoisotopic (exact) mass is 428 g/mol. The molecular formula is C23H32N4O4. The number of fused-ring (bicyclic) bond motifs is 3. The van der Waals surface area contributed by atoms with E-state index in [-0.39, 0.29) is 17.5 Å². The van der Waals surface area contributed by atoms with Crippen LogP contribution in [0.5, 0.6) is 5.75 Å². The van der Waals surface area contributed by atoms with Crippen molar-refractivity contribution in [3.05, 3.63) is 35.7 Å². The molecule has 8 nitrogen and oxygen atoms in total. The van der Waals surface area contributed by atoms with Gasteiger partial charge in [-0.15, -0.1) is 0 Å². The minimum absolute atomic E-state index is 0.219. The summed E-state index contributed by atoms with van der Waals surface area (Å²) in [5.41, 5.74) is 2.76. The van der Waals surface area contributed by atoms with Crippen molar-refractivity contribution in [2.75, 3.05) is 33.7 Å². The number of hydrogen-bond acceptors (Lipinski definition) is 6. The van der Waals surface area contributed by atoms with Crippen LogP contribution in [-0.2, 0) is 14.9 Å². The third kappa shape index (κ3) is 5.19. The molecule has 0 saturated carbocycles. The maximum absolute atomic E-state index is 12.7. The lowest BCUT2D eigenvalue weighted by Gasteiger charge is -2.24. The summed E-state index contributed by atoms with van der Waals surface area (Å²) in [6, 6.07) is 5.47. The number of aromatic amines is 1. The van der Waals surface area contributed by atoms with Crippen LogP contribution < -0.4 is 15.4 Å². The highest BCUT2D eigenvalue weighted by Gasteiger charge is 2.33. The number of H-pyrrole nitrogens is 1. The van der Waals surface area contributed by atoms with E-state index in [4.69, 9.17) is 9.47 Å². The number of hydrogen-bond donors (Lipinski definition) is 3. The van der Waals surface area contributed by atoms with Gasteiger partial charge in [-0.1, -0.05) is 13.8 Å². The van der Waals surface area contributed by atoms with E-state index in [2.05, 4.69) is 29.5 Å². The molecule has 3 rings (SSSR count). The number of nitrogens with zero attached hydrogens (tertiary/aromatic N) is 1. The lowest BCUT2D eigenvalue weighted by Crippen LogP contribution is -2.33. The van der Waals surface area contributed by atoms with Gasteiger partial charge in [-0.2, -0.15) is 0 Å². The third-order valence-electron chi connectivity index (χ3n) is 5.11. The Hall–Kier alpha value is -3.00. The van der Waals surface area contributed by atoms with Gasteiger partial charge >= 0.3 is 12.1 Å². The summed E-state index contributed by atoms with van der Waals surface area (Å²) in [7, 11) is 3.87. The van der Waals surface area contributed by atoms with Crippen LogP contribution in [0.25, 0.3) is 16.5 Å². The number of nitrogens with one attached hydrogen (secondary N) is 3. The Morgan fingerprint density at radius 3 is 2.68 bits per heavy atom. The number of esters is 1. The maximum atomic E-state index is 12.7. The average molecular weight is 429 g/mol. The van der Waals surface area contributed by atoms with E-state index in [0.717, 1.165) is 28.7 Å². The first-order valence-corrected chi connectivity index (χ1v) is 10.5. The van der Waals surface area contributed by atoms with Crippen molar-refractivity contribution in [3.8, 4) is 5.75 Å². The van der Waals surface area contributed by atoms with Gasteiger partial charge in [0, 0.05) is 48.2 Å². The van der Waals surface area contributed by atoms with Crippen LogP contribution in [0.3, 0.4) is 0 Å². The molecule has 2 aromatic rings. The molecule has 1 amide bonds. The van der Waals surface area contributed by atoms with Gasteiger partial charge in [0.15, 0.2) is 0 Å². The Morgan fingerprint density at radius 2 is 2.00 bits per heavy atom. The molecule has 0 spiro atoms. The highest BCUT2D eigenvalue weighted by atomic mass is 16.6. The third-order valence-corrected chi connectivity index (χ3v) is 5.11. The molecule has 3 N–H and O–H groups in total. The average Bonchev–Trinajstić information content (AvgIpc) is 2.97. The van der Waals surface area contributed by atoms with E-state index in [1.54, 1.807) is 18.3 Å². The molecule has 2 heterocycles. The van der Waals surface area contributed by atoms with Gasteiger partial charge in [-0.3, -0.25) is 0 Å². The second-order valence-electron chi connectivity index (χ2n) is 8.98. The molecule has 8 heteroatoms. The van der Waals surface area contributed by atoms with Crippen molar-refractivity contribution in [3.63, 3.8) is 0 Å². The molecule has 1 aromatic carbocycles. The van der Waals surface area contributed by atoms with Crippen molar-refractivity contribution in [1.29, 1.82) is 0 Å². The number of carbonyl (C=O) groups is 2. The Balaban J connectivity index is 1.93. The molecule has 0 fully saturated rings. The minimum Gasteiger partial charge on any atom is -0.459 e. The summed E-state index contributed by atoms with van der Waals surface area (Å²) >= 11 is 0. The first kappa shape index (κ1) is 22.7. The van der Waals surface area contributed by atoms with E-state index in [9.17, 15) is 9.59 Å². The first-order chi connectivity index (χ1) is 14.6. The smallest absolute Gasteiger partial charge is 0.412 e. The van der Waals surface area contributed by atoms with Gasteiger partial charge in [0.2, 0.25) is 0 Å². The van der Waals surface area contributed by atoms with Crippen LogP contribution in [0.2, 0.25) is 0 Å². The zero-order valence-electron chi connectivity index (χ0n) is 19.1. The van der Waals surface area contributed by atoms with Gasteiger partial charge in [-0.05, 0) is 45.6 Å². The second-order valence-corrected chi connectivity index (χ2v) is 8.98. The molecule has 0 bridgehead atoms. The SMILES string of the molecule is CC(C)OC(=O)C1=CNCC(C)(C)c2c1[nH]c1cc(OC(=O)NCCN(C)C)ccc21. The fourth-order valence-electron chi connectivity index (χ4n) is 3.68. The molecule has 0 radical (unpaired) electrons. The van der Waals surface area contributed by atoms with E-state index in [1.807, 2.05) is 38.9 Å². The molecule has 0 unspecified atom stereocenters. The summed E-state index contributed by atoms with van der Waals surface area (Å²) in [6.45, 7) is 9.79. The van der Waals surface area contributed by atoms with E-state index in [0.29, 0.717) is 24.4 Å². The summed E-state index contributed by atoms with van der Waals surface area (Å²) in [5.74, 6) is 0.0437. The Bertz CT molecular complexity index is 1000. The van der Waals surface area contributed by atoms with Crippen LogP contribution in [0.4, 0.5) is 4.79 Å². The fraction of sp³-hybridized carbons (Fsp3) is 0.478. The van der Waals surface area contributed by atoms with Crippen LogP contribution in [0, 0.1) is 0 Å². The molecule has 1 aliphatic heterocycles. The van der Waals surface area contributed by atoms with Gasteiger partial charge in [0.25, 0.3) is 0 Å². The number of likely N-dealkylation sites (N-methyl/N-ethyl adjacent to an activating group) is 1. The molecule has 1 aliphatic rings. The van der Waals surface area contributed by atoms with Crippen LogP contribution in [0.15, 0.2) is 24.4 Å². The Labute approximate surface area is 183 Å². The molecule has 1 aromatic heterocycles. The fourth-order valence-corrected chi connectivity index (χ4v) is 3.68.